The van der Waals surface area contributed by atoms with Crippen LogP contribution in [0.15, 0.2) is 0 Å². The number of likely N-dealkylation sites (N-methyl/N-ethyl adjacent to an activating group) is 1. The SMILES string of the molecule is COCCN(CCBr)CC1CN(C)CCO1. The largest absolute Gasteiger partial charge is 0.383 e. The van der Waals surface area contributed by atoms with E-state index in [4.69, 9.17) is 9.47 Å². The molecule has 0 amide bonds. The van der Waals surface area contributed by atoms with E-state index in [1.54, 1.807) is 7.11 Å². The third-order valence-corrected chi connectivity index (χ3v) is 3.17. The number of rotatable bonds is 7. The first-order valence-electron chi connectivity index (χ1n) is 5.83. The molecule has 4 nitrogen and oxygen atoms in total. The number of halogens is 1. The van der Waals surface area contributed by atoms with Gasteiger partial charge in [0.2, 0.25) is 0 Å². The molecule has 1 saturated heterocycles. The predicted molar refractivity (Wildman–Crippen MR) is 69.3 cm³/mol. The highest BCUT2D eigenvalue weighted by Crippen LogP contribution is 2.05. The fourth-order valence-corrected chi connectivity index (χ4v) is 2.40. The van der Waals surface area contributed by atoms with Crippen LogP contribution in [0.25, 0.3) is 0 Å². The van der Waals surface area contributed by atoms with Gasteiger partial charge in [0.05, 0.1) is 19.3 Å². The highest BCUT2D eigenvalue weighted by Gasteiger charge is 2.20. The molecule has 96 valence electrons. The van der Waals surface area contributed by atoms with Crippen LogP contribution in [-0.4, -0.2) is 81.3 Å². The lowest BCUT2D eigenvalue weighted by molar-refractivity contribution is -0.0368. The normalized spacial score (nSPS) is 22.9. The molecule has 0 saturated carbocycles. The molecule has 1 unspecified atom stereocenters. The maximum atomic E-state index is 5.77. The van der Waals surface area contributed by atoms with Crippen molar-refractivity contribution < 1.29 is 9.47 Å². The number of ether oxygens (including phenoxy) is 2. The fraction of sp³-hybridized carbons (Fsp3) is 1.00. The van der Waals surface area contributed by atoms with Gasteiger partial charge in [0.1, 0.15) is 0 Å². The predicted octanol–water partition coefficient (Wildman–Crippen LogP) is 0.660. The van der Waals surface area contributed by atoms with Crippen LogP contribution >= 0.6 is 15.9 Å². The number of nitrogens with zero attached hydrogens (tertiary/aromatic N) is 2. The third kappa shape index (κ3) is 5.59. The van der Waals surface area contributed by atoms with Gasteiger partial charge < -0.3 is 14.4 Å². The molecular formula is C11H23BrN2O2. The number of alkyl halides is 1. The van der Waals surface area contributed by atoms with Crippen LogP contribution in [0.1, 0.15) is 0 Å². The Kier molecular flexibility index (Phi) is 7.56. The van der Waals surface area contributed by atoms with Crippen LogP contribution in [0.4, 0.5) is 0 Å². The van der Waals surface area contributed by atoms with E-state index >= 15 is 0 Å². The maximum absolute atomic E-state index is 5.77. The molecule has 0 radical (unpaired) electrons. The van der Waals surface area contributed by atoms with Crippen LogP contribution in [0.3, 0.4) is 0 Å². The molecule has 0 aromatic heterocycles. The molecule has 0 aromatic rings. The van der Waals surface area contributed by atoms with Crippen LogP contribution in [0.5, 0.6) is 0 Å². The second-order valence-corrected chi connectivity index (χ2v) is 5.03. The van der Waals surface area contributed by atoms with Crippen molar-refractivity contribution in [1.29, 1.82) is 0 Å². The molecule has 0 N–H and O–H groups in total. The van der Waals surface area contributed by atoms with Crippen molar-refractivity contribution in [3.05, 3.63) is 0 Å². The summed E-state index contributed by atoms with van der Waals surface area (Å²) in [6.07, 6.45) is 0.342. The molecule has 0 bridgehead atoms. The Morgan fingerprint density at radius 1 is 1.50 bits per heavy atom. The standard InChI is InChI=1S/C11H23BrN2O2/c1-13-5-8-16-11(9-13)10-14(4-3-12)6-7-15-2/h11H,3-10H2,1-2H3. The molecular weight excluding hydrogens is 272 g/mol. The first-order valence-corrected chi connectivity index (χ1v) is 6.95. The zero-order valence-electron chi connectivity index (χ0n) is 10.3. The molecule has 1 atom stereocenters. The summed E-state index contributed by atoms with van der Waals surface area (Å²) in [5.41, 5.74) is 0. The van der Waals surface area contributed by atoms with Gasteiger partial charge in [-0.3, -0.25) is 4.90 Å². The van der Waals surface area contributed by atoms with Gasteiger partial charge in [0.25, 0.3) is 0 Å². The van der Waals surface area contributed by atoms with Crippen molar-refractivity contribution in [2.45, 2.75) is 6.10 Å². The highest BCUT2D eigenvalue weighted by atomic mass is 79.9. The quantitative estimate of drug-likeness (QED) is 0.644. The van der Waals surface area contributed by atoms with E-state index in [1.807, 2.05) is 0 Å². The monoisotopic (exact) mass is 294 g/mol. The number of hydrogen-bond donors (Lipinski definition) is 0. The van der Waals surface area contributed by atoms with Crippen LogP contribution < -0.4 is 0 Å². The average Bonchev–Trinajstić information content (AvgIpc) is 2.26. The van der Waals surface area contributed by atoms with E-state index in [-0.39, 0.29) is 0 Å². The summed E-state index contributed by atoms with van der Waals surface area (Å²) in [7, 11) is 3.90. The van der Waals surface area contributed by atoms with E-state index in [9.17, 15) is 0 Å². The van der Waals surface area contributed by atoms with Gasteiger partial charge in [-0.05, 0) is 7.05 Å². The van der Waals surface area contributed by atoms with Crippen LogP contribution in [0, 0.1) is 0 Å². The second kappa shape index (κ2) is 8.42. The lowest BCUT2D eigenvalue weighted by Gasteiger charge is -2.33. The van der Waals surface area contributed by atoms with Crippen molar-refractivity contribution >= 4 is 15.9 Å². The Balaban J connectivity index is 2.28. The van der Waals surface area contributed by atoms with E-state index in [2.05, 4.69) is 32.8 Å². The van der Waals surface area contributed by atoms with E-state index in [0.717, 1.165) is 51.3 Å². The topological polar surface area (TPSA) is 24.9 Å². The van der Waals surface area contributed by atoms with Gasteiger partial charge in [-0.1, -0.05) is 15.9 Å². The molecule has 5 heteroatoms. The van der Waals surface area contributed by atoms with Crippen molar-refractivity contribution in [3.8, 4) is 0 Å². The second-order valence-electron chi connectivity index (χ2n) is 4.24. The third-order valence-electron chi connectivity index (χ3n) is 2.82. The van der Waals surface area contributed by atoms with Gasteiger partial charge >= 0.3 is 0 Å². The van der Waals surface area contributed by atoms with Crippen molar-refractivity contribution in [3.63, 3.8) is 0 Å². The minimum Gasteiger partial charge on any atom is -0.383 e. The summed E-state index contributed by atoms with van der Waals surface area (Å²) in [6, 6.07) is 0. The van der Waals surface area contributed by atoms with Gasteiger partial charge in [0.15, 0.2) is 0 Å². The van der Waals surface area contributed by atoms with Crippen molar-refractivity contribution in [2.75, 3.05) is 65.4 Å². The molecule has 1 aliphatic heterocycles. The zero-order valence-corrected chi connectivity index (χ0v) is 11.9. The first-order chi connectivity index (χ1) is 7.76. The summed E-state index contributed by atoms with van der Waals surface area (Å²) >= 11 is 3.48. The summed E-state index contributed by atoms with van der Waals surface area (Å²) in [5.74, 6) is 0. The smallest absolute Gasteiger partial charge is 0.0829 e. The summed E-state index contributed by atoms with van der Waals surface area (Å²) in [4.78, 5) is 4.72. The van der Waals surface area contributed by atoms with Crippen molar-refractivity contribution in [2.24, 2.45) is 0 Å². The average molecular weight is 295 g/mol. The highest BCUT2D eigenvalue weighted by molar-refractivity contribution is 9.09. The Hall–Kier alpha value is 0.320. The lowest BCUT2D eigenvalue weighted by Crippen LogP contribution is -2.47. The van der Waals surface area contributed by atoms with Gasteiger partial charge in [-0.25, -0.2) is 0 Å². The Labute approximate surface area is 107 Å². The Bertz CT molecular complexity index is 183. The number of morpholine rings is 1. The van der Waals surface area contributed by atoms with E-state index in [0.29, 0.717) is 6.10 Å². The number of methoxy groups -OCH3 is 1. The van der Waals surface area contributed by atoms with Gasteiger partial charge in [0, 0.05) is 45.2 Å². The van der Waals surface area contributed by atoms with Gasteiger partial charge in [-0.2, -0.15) is 0 Å². The van der Waals surface area contributed by atoms with Crippen molar-refractivity contribution in [1.82, 2.24) is 9.80 Å². The molecule has 0 aromatic carbocycles. The number of hydrogen-bond acceptors (Lipinski definition) is 4. The minimum absolute atomic E-state index is 0.342. The van der Waals surface area contributed by atoms with E-state index in [1.165, 1.54) is 0 Å². The summed E-state index contributed by atoms with van der Waals surface area (Å²) in [6.45, 7) is 6.75. The summed E-state index contributed by atoms with van der Waals surface area (Å²) < 4.78 is 10.9. The maximum Gasteiger partial charge on any atom is 0.0829 e. The molecule has 1 heterocycles. The molecule has 16 heavy (non-hydrogen) atoms. The fourth-order valence-electron chi connectivity index (χ4n) is 1.90. The zero-order chi connectivity index (χ0) is 11.8. The van der Waals surface area contributed by atoms with Gasteiger partial charge in [-0.15, -0.1) is 0 Å². The molecule has 0 spiro atoms. The summed E-state index contributed by atoms with van der Waals surface area (Å²) in [5, 5.41) is 0.999. The molecule has 0 aliphatic carbocycles. The lowest BCUT2D eigenvalue weighted by atomic mass is 10.2. The van der Waals surface area contributed by atoms with Crippen LogP contribution in [-0.2, 0) is 9.47 Å². The Morgan fingerprint density at radius 3 is 2.94 bits per heavy atom. The molecule has 1 aliphatic rings. The molecule has 1 rings (SSSR count). The van der Waals surface area contributed by atoms with Crippen LogP contribution in [0.2, 0.25) is 0 Å². The minimum atomic E-state index is 0.342. The molecule has 1 fully saturated rings. The first kappa shape index (κ1) is 14.4. The Morgan fingerprint density at radius 2 is 2.31 bits per heavy atom. The van der Waals surface area contributed by atoms with E-state index < -0.39 is 0 Å².